The van der Waals surface area contributed by atoms with Gasteiger partial charge in [-0.3, -0.25) is 0 Å². The van der Waals surface area contributed by atoms with Gasteiger partial charge < -0.3 is 23.7 Å². The first-order valence-corrected chi connectivity index (χ1v) is 24.4. The van der Waals surface area contributed by atoms with Crippen LogP contribution in [0.1, 0.15) is 81.4 Å². The maximum Gasteiger partial charge on any atom is 0.338 e. The summed E-state index contributed by atoms with van der Waals surface area (Å²) in [5, 5.41) is 13.8. The van der Waals surface area contributed by atoms with E-state index in [1.807, 2.05) is 64.1 Å². The molecule has 0 radical (unpaired) electrons. The smallest absolute Gasteiger partial charge is 0.338 e. The van der Waals surface area contributed by atoms with Crippen LogP contribution in [0.3, 0.4) is 0 Å². The molecule has 0 amide bonds. The standard InChI is InChI=1S/C44H62O6Si2/c1-32-30-33(2)40(42(46)47-28-29-51(9,10)11)35(31-32)21-19-27-39-41(49-44(7,8)48-39)38(45)26-18-20-34(3)50-52(43(4,5)6,36-22-14-12-15-23-36)37-24-16-13-17-25-37/h12-19,21-26,30-31,34,38-39,41,45H,20,27-29H2,1-11H3/b21-19+,26-18-/t34?,38?,39-,41+/m0/s1. The zero-order chi connectivity index (χ0) is 38.3. The van der Waals surface area contributed by atoms with Gasteiger partial charge in [-0.2, -0.15) is 0 Å². The number of rotatable bonds is 15. The first-order valence-electron chi connectivity index (χ1n) is 18.8. The lowest BCUT2D eigenvalue weighted by Gasteiger charge is -2.44. The minimum atomic E-state index is -2.70. The highest BCUT2D eigenvalue weighted by Crippen LogP contribution is 2.38. The fourth-order valence-corrected chi connectivity index (χ4v) is 12.6. The lowest BCUT2D eigenvalue weighted by Crippen LogP contribution is -2.67. The lowest BCUT2D eigenvalue weighted by molar-refractivity contribution is -0.152. The number of benzene rings is 3. The van der Waals surface area contributed by atoms with Crippen molar-refractivity contribution in [1.82, 2.24) is 0 Å². The number of carbonyl (C=O) groups excluding carboxylic acids is 1. The number of esters is 1. The van der Waals surface area contributed by atoms with Gasteiger partial charge in [-0.05, 0) is 80.0 Å². The maximum absolute atomic E-state index is 13.2. The minimum Gasteiger partial charge on any atom is -0.462 e. The number of hydrogen-bond donors (Lipinski definition) is 1. The zero-order valence-electron chi connectivity index (χ0n) is 33.4. The third kappa shape index (κ3) is 10.7. The Morgan fingerprint density at radius 2 is 1.54 bits per heavy atom. The number of carbonyl (C=O) groups is 1. The van der Waals surface area contributed by atoms with Crippen LogP contribution in [-0.4, -0.2) is 64.3 Å². The van der Waals surface area contributed by atoms with E-state index >= 15 is 0 Å². The highest BCUT2D eigenvalue weighted by Gasteiger charge is 2.51. The Bertz CT molecular complexity index is 1630. The Hall–Kier alpha value is -3.12. The van der Waals surface area contributed by atoms with Crippen molar-refractivity contribution in [3.8, 4) is 0 Å². The first-order chi connectivity index (χ1) is 24.3. The summed E-state index contributed by atoms with van der Waals surface area (Å²) in [5.74, 6) is -1.13. The molecule has 8 heteroatoms. The monoisotopic (exact) mass is 742 g/mol. The fraction of sp³-hybridized carbons (Fsp3) is 0.477. The van der Waals surface area contributed by atoms with Crippen molar-refractivity contribution >= 4 is 38.8 Å². The van der Waals surface area contributed by atoms with Gasteiger partial charge in [0.1, 0.15) is 12.2 Å². The van der Waals surface area contributed by atoms with Gasteiger partial charge in [-0.1, -0.05) is 143 Å². The molecule has 6 nitrogen and oxygen atoms in total. The van der Waals surface area contributed by atoms with Crippen molar-refractivity contribution in [2.24, 2.45) is 0 Å². The number of ether oxygens (including phenoxy) is 3. The van der Waals surface area contributed by atoms with Gasteiger partial charge in [0.25, 0.3) is 8.32 Å². The van der Waals surface area contributed by atoms with Gasteiger partial charge in [-0.25, -0.2) is 4.79 Å². The molecule has 4 atom stereocenters. The van der Waals surface area contributed by atoms with Crippen molar-refractivity contribution in [2.75, 3.05) is 6.61 Å². The average Bonchev–Trinajstić information content (AvgIpc) is 3.36. The molecule has 0 bridgehead atoms. The molecule has 4 rings (SSSR count). The third-order valence-electron chi connectivity index (χ3n) is 9.62. The fourth-order valence-electron chi connectivity index (χ4n) is 7.16. The van der Waals surface area contributed by atoms with Crippen LogP contribution in [0.5, 0.6) is 0 Å². The Labute approximate surface area is 315 Å². The van der Waals surface area contributed by atoms with Crippen molar-refractivity contribution in [1.29, 1.82) is 0 Å². The van der Waals surface area contributed by atoms with Crippen LogP contribution in [0.15, 0.2) is 91.0 Å². The van der Waals surface area contributed by atoms with E-state index in [-0.39, 0.29) is 23.2 Å². The molecule has 3 aromatic rings. The van der Waals surface area contributed by atoms with Gasteiger partial charge in [0, 0.05) is 14.2 Å². The van der Waals surface area contributed by atoms with Gasteiger partial charge in [0.05, 0.1) is 18.3 Å². The molecule has 1 aliphatic rings. The Kier molecular flexibility index (Phi) is 13.9. The van der Waals surface area contributed by atoms with Crippen LogP contribution < -0.4 is 10.4 Å². The molecule has 1 aliphatic heterocycles. The third-order valence-corrected chi connectivity index (χ3v) is 16.5. The van der Waals surface area contributed by atoms with E-state index in [0.717, 1.165) is 22.7 Å². The quantitative estimate of drug-likeness (QED) is 0.0953. The molecular formula is C44H62O6Si2. The molecule has 282 valence electrons. The Morgan fingerprint density at radius 1 is 0.942 bits per heavy atom. The van der Waals surface area contributed by atoms with E-state index in [0.29, 0.717) is 25.0 Å². The number of aliphatic hydroxyl groups is 1. The largest absolute Gasteiger partial charge is 0.462 e. The van der Waals surface area contributed by atoms with Gasteiger partial charge in [-0.15, -0.1) is 0 Å². The van der Waals surface area contributed by atoms with E-state index in [1.165, 1.54) is 10.4 Å². The average molecular weight is 743 g/mol. The normalized spacial score (nSPS) is 19.3. The van der Waals surface area contributed by atoms with Gasteiger partial charge in [0.2, 0.25) is 0 Å². The van der Waals surface area contributed by atoms with Crippen LogP contribution in [0.2, 0.25) is 30.7 Å². The molecule has 0 saturated carbocycles. The van der Waals surface area contributed by atoms with E-state index in [2.05, 4.69) is 108 Å². The second-order valence-corrected chi connectivity index (χ2v) is 26.9. The molecule has 3 aromatic carbocycles. The molecule has 2 unspecified atom stereocenters. The second kappa shape index (κ2) is 17.4. The SMILES string of the molecule is Cc1cc(C)c(C(=O)OCC[Si](C)(C)C)c(/C=C/C[C@@H]2OC(C)(C)O[C@@H]2C(O)/C=C\CC(C)O[Si](c2ccccc2)(c2ccccc2)C(C)(C)C)c1. The number of aliphatic hydroxyl groups excluding tert-OH is 1. The molecule has 0 spiro atoms. The molecular weight excluding hydrogens is 681 g/mol. The zero-order valence-corrected chi connectivity index (χ0v) is 35.4. The summed E-state index contributed by atoms with van der Waals surface area (Å²) in [5.41, 5.74) is 3.38. The van der Waals surface area contributed by atoms with Crippen LogP contribution in [-0.2, 0) is 18.6 Å². The number of aryl methyl sites for hydroxylation is 2. The molecule has 1 fully saturated rings. The van der Waals surface area contributed by atoms with Crippen LogP contribution in [0.4, 0.5) is 0 Å². The van der Waals surface area contributed by atoms with E-state index < -0.39 is 34.4 Å². The molecule has 1 N–H and O–H groups in total. The van der Waals surface area contributed by atoms with Crippen LogP contribution in [0.25, 0.3) is 6.08 Å². The Balaban J connectivity index is 1.47. The minimum absolute atomic E-state index is 0.0973. The second-order valence-electron chi connectivity index (χ2n) is 17.0. The highest BCUT2D eigenvalue weighted by atomic mass is 28.4. The predicted octanol–water partition coefficient (Wildman–Crippen LogP) is 8.99. The number of hydrogen-bond acceptors (Lipinski definition) is 6. The molecule has 1 saturated heterocycles. The molecule has 52 heavy (non-hydrogen) atoms. The maximum atomic E-state index is 13.2. The van der Waals surface area contributed by atoms with Crippen molar-refractivity contribution in [2.45, 2.75) is 129 Å². The topological polar surface area (TPSA) is 74.2 Å². The summed E-state index contributed by atoms with van der Waals surface area (Å²) >= 11 is 0. The van der Waals surface area contributed by atoms with Crippen molar-refractivity contribution in [3.05, 3.63) is 113 Å². The van der Waals surface area contributed by atoms with Gasteiger partial charge >= 0.3 is 5.97 Å². The van der Waals surface area contributed by atoms with Crippen LogP contribution >= 0.6 is 0 Å². The first kappa shape index (κ1) is 41.6. The van der Waals surface area contributed by atoms with E-state index in [1.54, 1.807) is 0 Å². The Morgan fingerprint density at radius 3 is 2.10 bits per heavy atom. The summed E-state index contributed by atoms with van der Waals surface area (Å²) in [6, 6.07) is 26.2. The summed E-state index contributed by atoms with van der Waals surface area (Å²) < 4.78 is 25.5. The van der Waals surface area contributed by atoms with E-state index in [9.17, 15) is 9.90 Å². The summed E-state index contributed by atoms with van der Waals surface area (Å²) in [4.78, 5) is 13.2. The summed E-state index contributed by atoms with van der Waals surface area (Å²) in [6.45, 7) is 23.9. The van der Waals surface area contributed by atoms with E-state index in [4.69, 9.17) is 18.6 Å². The summed E-state index contributed by atoms with van der Waals surface area (Å²) in [7, 11) is -4.03. The van der Waals surface area contributed by atoms with Crippen molar-refractivity contribution in [3.63, 3.8) is 0 Å². The highest BCUT2D eigenvalue weighted by molar-refractivity contribution is 6.99. The lowest BCUT2D eigenvalue weighted by atomic mass is 9.97. The van der Waals surface area contributed by atoms with Gasteiger partial charge in [0.15, 0.2) is 5.79 Å². The predicted molar refractivity (Wildman–Crippen MR) is 220 cm³/mol. The molecule has 0 aliphatic carbocycles. The van der Waals surface area contributed by atoms with Crippen molar-refractivity contribution < 1.29 is 28.5 Å². The molecule has 1 heterocycles. The van der Waals surface area contributed by atoms with Crippen LogP contribution in [0, 0.1) is 13.8 Å². The summed E-state index contributed by atoms with van der Waals surface area (Å²) in [6.07, 6.45) is 7.01. The molecule has 0 aromatic heterocycles.